The van der Waals surface area contributed by atoms with Gasteiger partial charge in [0.05, 0.1) is 6.04 Å². The van der Waals surface area contributed by atoms with Crippen LogP contribution in [0.3, 0.4) is 0 Å². The average Bonchev–Trinajstić information content (AvgIpc) is 2.69. The van der Waals surface area contributed by atoms with Gasteiger partial charge in [0.2, 0.25) is 0 Å². The number of fused-ring (bicyclic) bond motifs is 1. The Morgan fingerprint density at radius 3 is 2.89 bits per heavy atom. The van der Waals surface area contributed by atoms with E-state index in [0.29, 0.717) is 0 Å². The Balaban J connectivity index is 1.96. The molecule has 96 valence electrons. The lowest BCUT2D eigenvalue weighted by Gasteiger charge is -2.36. The highest BCUT2D eigenvalue weighted by Gasteiger charge is 2.32. The van der Waals surface area contributed by atoms with Crippen molar-refractivity contribution in [3.8, 4) is 0 Å². The number of thiophene rings is 1. The van der Waals surface area contributed by atoms with E-state index in [2.05, 4.69) is 49.5 Å². The van der Waals surface area contributed by atoms with Gasteiger partial charge in [0.25, 0.3) is 0 Å². The summed E-state index contributed by atoms with van der Waals surface area (Å²) in [6.07, 6.45) is 0. The van der Waals surface area contributed by atoms with Gasteiger partial charge in [-0.15, -0.1) is 11.3 Å². The standard InChI is InChI=1S/C14H17NOS2/c1-14(2)9-18(16)8-11(15-14)13-7-10-5-3-4-6-12(10)17-13/h3-7,11,15H,8-9H2,1-2H3. The summed E-state index contributed by atoms with van der Waals surface area (Å²) in [5.74, 6) is 1.48. The topological polar surface area (TPSA) is 29.1 Å². The second-order valence-electron chi connectivity index (χ2n) is 5.52. The van der Waals surface area contributed by atoms with Crippen LogP contribution in [-0.4, -0.2) is 21.3 Å². The molecule has 2 nitrogen and oxygen atoms in total. The molecule has 0 saturated carbocycles. The monoisotopic (exact) mass is 279 g/mol. The molecule has 1 aromatic heterocycles. The first-order valence-corrected chi connectivity index (χ1v) is 8.45. The third-order valence-electron chi connectivity index (χ3n) is 3.23. The fourth-order valence-electron chi connectivity index (χ4n) is 2.53. The number of benzene rings is 1. The first-order chi connectivity index (χ1) is 8.53. The maximum absolute atomic E-state index is 12.0. The van der Waals surface area contributed by atoms with Crippen LogP contribution in [-0.2, 0) is 10.8 Å². The summed E-state index contributed by atoms with van der Waals surface area (Å²) < 4.78 is 13.3. The summed E-state index contributed by atoms with van der Waals surface area (Å²) in [5.41, 5.74) is -0.0377. The van der Waals surface area contributed by atoms with Crippen LogP contribution in [0.1, 0.15) is 24.8 Å². The Morgan fingerprint density at radius 1 is 1.39 bits per heavy atom. The van der Waals surface area contributed by atoms with Crippen LogP contribution in [0.4, 0.5) is 0 Å². The summed E-state index contributed by atoms with van der Waals surface area (Å²) in [5, 5.41) is 4.90. The van der Waals surface area contributed by atoms with Crippen LogP contribution < -0.4 is 5.32 Å². The van der Waals surface area contributed by atoms with Gasteiger partial charge in [0.1, 0.15) is 0 Å². The Labute approximate surface area is 114 Å². The molecule has 2 heterocycles. The Morgan fingerprint density at radius 2 is 2.17 bits per heavy atom. The minimum Gasteiger partial charge on any atom is -0.303 e. The van der Waals surface area contributed by atoms with Crippen molar-refractivity contribution in [1.29, 1.82) is 0 Å². The number of rotatable bonds is 1. The zero-order valence-electron chi connectivity index (χ0n) is 10.6. The second kappa shape index (κ2) is 4.44. The van der Waals surface area contributed by atoms with Gasteiger partial charge >= 0.3 is 0 Å². The average molecular weight is 279 g/mol. The summed E-state index contributed by atoms with van der Waals surface area (Å²) in [7, 11) is -0.718. The van der Waals surface area contributed by atoms with Gasteiger partial charge in [-0.1, -0.05) is 18.2 Å². The Bertz CT molecular complexity index is 570. The largest absolute Gasteiger partial charge is 0.303 e. The van der Waals surface area contributed by atoms with Crippen molar-refractivity contribution in [3.05, 3.63) is 35.2 Å². The highest BCUT2D eigenvalue weighted by Crippen LogP contribution is 2.33. The number of hydrogen-bond acceptors (Lipinski definition) is 3. The molecule has 2 unspecified atom stereocenters. The van der Waals surface area contributed by atoms with Crippen LogP contribution in [0, 0.1) is 0 Å². The normalized spacial score (nSPS) is 27.4. The van der Waals surface area contributed by atoms with E-state index < -0.39 is 10.8 Å². The molecule has 3 rings (SSSR count). The minimum absolute atomic E-state index is 0.0377. The van der Waals surface area contributed by atoms with E-state index in [1.807, 2.05) is 11.3 Å². The van der Waals surface area contributed by atoms with Crippen molar-refractivity contribution >= 4 is 32.2 Å². The fourth-order valence-corrected chi connectivity index (χ4v) is 5.39. The molecular weight excluding hydrogens is 262 g/mol. The minimum atomic E-state index is -0.718. The molecule has 0 spiro atoms. The predicted octanol–water partition coefficient (Wildman–Crippen LogP) is 3.07. The molecule has 1 aromatic carbocycles. The van der Waals surface area contributed by atoms with Gasteiger partial charge in [-0.05, 0) is 31.4 Å². The van der Waals surface area contributed by atoms with Crippen LogP contribution in [0.25, 0.3) is 10.1 Å². The molecule has 2 aromatic rings. The molecule has 1 saturated heterocycles. The van der Waals surface area contributed by atoms with Crippen LogP contribution >= 0.6 is 11.3 Å². The van der Waals surface area contributed by atoms with Crippen LogP contribution in [0.5, 0.6) is 0 Å². The van der Waals surface area contributed by atoms with E-state index in [4.69, 9.17) is 0 Å². The summed E-state index contributed by atoms with van der Waals surface area (Å²) in [4.78, 5) is 1.30. The lowest BCUT2D eigenvalue weighted by molar-refractivity contribution is 0.372. The van der Waals surface area contributed by atoms with E-state index in [-0.39, 0.29) is 11.6 Å². The van der Waals surface area contributed by atoms with E-state index in [0.717, 1.165) is 11.5 Å². The predicted molar refractivity (Wildman–Crippen MR) is 79.7 cm³/mol. The second-order valence-corrected chi connectivity index (χ2v) is 8.14. The first kappa shape index (κ1) is 12.3. The van der Waals surface area contributed by atoms with E-state index in [1.165, 1.54) is 15.0 Å². The van der Waals surface area contributed by atoms with E-state index in [1.54, 1.807) is 0 Å². The Kier molecular flexibility index (Phi) is 3.04. The van der Waals surface area contributed by atoms with Crippen molar-refractivity contribution in [1.82, 2.24) is 5.32 Å². The van der Waals surface area contributed by atoms with Crippen molar-refractivity contribution in [2.24, 2.45) is 0 Å². The maximum atomic E-state index is 12.0. The van der Waals surface area contributed by atoms with Crippen molar-refractivity contribution in [2.45, 2.75) is 25.4 Å². The van der Waals surface area contributed by atoms with Crippen molar-refractivity contribution in [2.75, 3.05) is 11.5 Å². The van der Waals surface area contributed by atoms with E-state index in [9.17, 15) is 4.21 Å². The van der Waals surface area contributed by atoms with Gasteiger partial charge in [0, 0.05) is 37.4 Å². The third kappa shape index (κ3) is 2.37. The van der Waals surface area contributed by atoms with Crippen molar-refractivity contribution in [3.63, 3.8) is 0 Å². The van der Waals surface area contributed by atoms with Gasteiger partial charge in [0.15, 0.2) is 0 Å². The molecule has 18 heavy (non-hydrogen) atoms. The smallest absolute Gasteiger partial charge is 0.0536 e. The molecule has 2 atom stereocenters. The molecule has 1 N–H and O–H groups in total. The zero-order valence-corrected chi connectivity index (χ0v) is 12.2. The molecule has 1 aliphatic rings. The van der Waals surface area contributed by atoms with Crippen molar-refractivity contribution < 1.29 is 4.21 Å². The molecule has 4 heteroatoms. The highest BCUT2D eigenvalue weighted by atomic mass is 32.2. The molecule has 0 amide bonds. The Hall–Kier alpha value is -0.710. The summed E-state index contributed by atoms with van der Waals surface area (Å²) in [6, 6.07) is 10.9. The SMILES string of the molecule is CC1(C)CS(=O)CC(c2cc3ccccc3s2)N1. The van der Waals surface area contributed by atoms with Crippen LogP contribution in [0.15, 0.2) is 30.3 Å². The van der Waals surface area contributed by atoms with E-state index >= 15 is 0 Å². The summed E-state index contributed by atoms with van der Waals surface area (Å²) in [6.45, 7) is 4.26. The lowest BCUT2D eigenvalue weighted by atomic mass is 10.1. The van der Waals surface area contributed by atoms with Gasteiger partial charge in [-0.3, -0.25) is 4.21 Å². The third-order valence-corrected chi connectivity index (χ3v) is 6.21. The molecule has 0 aliphatic carbocycles. The quantitative estimate of drug-likeness (QED) is 0.869. The van der Waals surface area contributed by atoms with Gasteiger partial charge < -0.3 is 5.32 Å². The molecular formula is C14H17NOS2. The molecule has 0 radical (unpaired) electrons. The first-order valence-electron chi connectivity index (χ1n) is 6.15. The number of nitrogens with one attached hydrogen (secondary N) is 1. The fraction of sp³-hybridized carbons (Fsp3) is 0.429. The summed E-state index contributed by atoms with van der Waals surface area (Å²) >= 11 is 1.81. The molecule has 1 aliphatic heterocycles. The van der Waals surface area contributed by atoms with Crippen LogP contribution in [0.2, 0.25) is 0 Å². The maximum Gasteiger partial charge on any atom is 0.0536 e. The van der Waals surface area contributed by atoms with Gasteiger partial charge in [-0.2, -0.15) is 0 Å². The van der Waals surface area contributed by atoms with Gasteiger partial charge in [-0.25, -0.2) is 0 Å². The lowest BCUT2D eigenvalue weighted by Crippen LogP contribution is -2.52. The zero-order chi connectivity index (χ0) is 12.8. The highest BCUT2D eigenvalue weighted by molar-refractivity contribution is 7.85. The molecule has 0 bridgehead atoms. The number of hydrogen-bond donors (Lipinski definition) is 1. The molecule has 1 fully saturated rings.